The van der Waals surface area contributed by atoms with Crippen molar-refractivity contribution in [2.75, 3.05) is 14.2 Å². The van der Waals surface area contributed by atoms with Crippen molar-refractivity contribution in [3.8, 4) is 29.0 Å². The summed E-state index contributed by atoms with van der Waals surface area (Å²) in [6, 6.07) is 9.23. The van der Waals surface area contributed by atoms with Crippen molar-refractivity contribution in [2.45, 2.75) is 25.2 Å². The van der Waals surface area contributed by atoms with Crippen LogP contribution in [0.1, 0.15) is 36.3 Å². The van der Waals surface area contributed by atoms with Crippen LogP contribution in [0, 0.1) is 0 Å². The zero-order valence-electron chi connectivity index (χ0n) is 18.1. The van der Waals surface area contributed by atoms with Crippen molar-refractivity contribution in [2.24, 2.45) is 0 Å². The normalized spacial score (nSPS) is 17.5. The van der Waals surface area contributed by atoms with E-state index in [1.807, 2.05) is 18.2 Å². The van der Waals surface area contributed by atoms with Gasteiger partial charge >= 0.3 is 0 Å². The molecule has 9 heteroatoms. The molecule has 1 atom stereocenters. The molecule has 1 aliphatic carbocycles. The predicted molar refractivity (Wildman–Crippen MR) is 116 cm³/mol. The molecule has 4 heterocycles. The number of carbonyl (C=O) groups excluding carboxylic acids is 1. The Kier molecular flexibility index (Phi) is 4.42. The average Bonchev–Trinajstić information content (AvgIpc) is 3.52. The fraction of sp³-hybridized carbons (Fsp3) is 0.250. The van der Waals surface area contributed by atoms with Crippen LogP contribution in [-0.2, 0) is 4.79 Å². The number of carbonyl (C=O) groups is 1. The third-order valence-electron chi connectivity index (χ3n) is 6.08. The van der Waals surface area contributed by atoms with Crippen molar-refractivity contribution in [3.63, 3.8) is 0 Å². The van der Waals surface area contributed by atoms with Gasteiger partial charge < -0.3 is 18.6 Å². The molecule has 2 aliphatic rings. The van der Waals surface area contributed by atoms with Crippen molar-refractivity contribution in [1.29, 1.82) is 0 Å². The van der Waals surface area contributed by atoms with Crippen LogP contribution in [0.15, 0.2) is 58.7 Å². The van der Waals surface area contributed by atoms with Gasteiger partial charge in [-0.1, -0.05) is 6.07 Å². The van der Waals surface area contributed by atoms with Gasteiger partial charge in [0, 0.05) is 18.4 Å². The highest BCUT2D eigenvalue weighted by Crippen LogP contribution is 2.48. The first-order valence-corrected chi connectivity index (χ1v) is 10.6. The van der Waals surface area contributed by atoms with E-state index in [4.69, 9.17) is 23.6 Å². The number of nitrogens with zero attached hydrogens (tertiary/aromatic N) is 4. The van der Waals surface area contributed by atoms with Gasteiger partial charge in [-0.2, -0.15) is 0 Å². The van der Waals surface area contributed by atoms with Gasteiger partial charge in [-0.15, -0.1) is 5.10 Å². The maximum atomic E-state index is 13.2. The Labute approximate surface area is 188 Å². The maximum Gasteiger partial charge on any atom is 0.228 e. The Morgan fingerprint density at radius 3 is 2.79 bits per heavy atom. The van der Waals surface area contributed by atoms with Gasteiger partial charge in [0.15, 0.2) is 28.7 Å². The lowest BCUT2D eigenvalue weighted by molar-refractivity contribution is -0.116. The molecule has 0 amide bonds. The number of ether oxygens (including phenoxy) is 3. The minimum atomic E-state index is -0.429. The molecular formula is C24H20N4O5. The van der Waals surface area contributed by atoms with Crippen LogP contribution in [-0.4, -0.2) is 39.6 Å². The number of hydrogen-bond donors (Lipinski definition) is 0. The van der Waals surface area contributed by atoms with Crippen molar-refractivity contribution < 1.29 is 23.4 Å². The molecule has 0 saturated carbocycles. The van der Waals surface area contributed by atoms with E-state index in [2.05, 4.69) is 10.1 Å². The van der Waals surface area contributed by atoms with E-state index in [1.54, 1.807) is 43.5 Å². The minimum absolute atomic E-state index is 0.0643. The summed E-state index contributed by atoms with van der Waals surface area (Å²) in [6.45, 7) is 0. The number of ketones is 1. The zero-order chi connectivity index (χ0) is 22.5. The van der Waals surface area contributed by atoms with Gasteiger partial charge in [0.05, 0.1) is 32.0 Å². The summed E-state index contributed by atoms with van der Waals surface area (Å²) in [4.78, 5) is 22.4. The molecule has 1 unspecified atom stereocenters. The third kappa shape index (κ3) is 3.00. The molecule has 6 rings (SSSR count). The van der Waals surface area contributed by atoms with Gasteiger partial charge in [0.1, 0.15) is 12.1 Å². The van der Waals surface area contributed by atoms with E-state index in [1.165, 1.54) is 0 Å². The molecule has 3 aromatic heterocycles. The van der Waals surface area contributed by atoms with Crippen LogP contribution in [0.5, 0.6) is 17.4 Å². The summed E-state index contributed by atoms with van der Waals surface area (Å²) in [6.07, 6.45) is 5.04. The first kappa shape index (κ1) is 19.5. The van der Waals surface area contributed by atoms with Crippen molar-refractivity contribution in [1.82, 2.24) is 19.6 Å². The number of furan rings is 1. The fourth-order valence-corrected chi connectivity index (χ4v) is 4.59. The highest BCUT2D eigenvalue weighted by Gasteiger charge is 2.40. The van der Waals surface area contributed by atoms with Gasteiger partial charge in [-0.3, -0.25) is 4.79 Å². The number of rotatable bonds is 4. The second-order valence-corrected chi connectivity index (χ2v) is 7.91. The van der Waals surface area contributed by atoms with Crippen LogP contribution in [0.4, 0.5) is 0 Å². The number of aromatic nitrogens is 4. The number of benzene rings is 1. The topological polar surface area (TPSA) is 101 Å². The van der Waals surface area contributed by atoms with Crippen LogP contribution >= 0.6 is 0 Å². The fourth-order valence-electron chi connectivity index (χ4n) is 4.59. The number of methoxy groups -OCH3 is 2. The molecule has 0 bridgehead atoms. The molecule has 4 aromatic rings. The van der Waals surface area contributed by atoms with E-state index < -0.39 is 5.92 Å². The molecule has 0 radical (unpaired) electrons. The number of Topliss-reactive ketones (excluding diaryl/α,β-unsaturated/α-hetero) is 1. The van der Waals surface area contributed by atoms with Crippen molar-refractivity contribution >= 4 is 11.4 Å². The Balaban J connectivity index is 1.61. The number of fused-ring (bicyclic) bond motifs is 3. The smallest absolute Gasteiger partial charge is 0.228 e. The second kappa shape index (κ2) is 7.47. The molecule has 1 aliphatic heterocycles. The standard InChI is InChI=1S/C24H20N4O5/c1-30-15-9-8-13(11-18(15)31-2)19-20-14(29)5-3-6-16(20)33-24-21(19)23-26-22(17-7-4-10-32-17)27-28(23)12-25-24/h4,7-12,19H,3,5-6H2,1-2H3. The summed E-state index contributed by atoms with van der Waals surface area (Å²) < 4.78 is 24.2. The SMILES string of the molecule is COc1ccc(C2C3=C(CCCC3=O)Oc3ncn4nc(-c5ccco5)nc4c32)cc1OC. The van der Waals surface area contributed by atoms with Crippen LogP contribution in [0.25, 0.3) is 17.2 Å². The molecule has 33 heavy (non-hydrogen) atoms. The summed E-state index contributed by atoms with van der Waals surface area (Å²) >= 11 is 0. The van der Waals surface area contributed by atoms with E-state index in [9.17, 15) is 4.79 Å². The molecule has 0 N–H and O–H groups in total. The van der Waals surface area contributed by atoms with Gasteiger partial charge in [-0.05, 0) is 36.2 Å². The Hall–Kier alpha value is -4.14. The molecule has 0 spiro atoms. The van der Waals surface area contributed by atoms with Crippen LogP contribution in [0.2, 0.25) is 0 Å². The van der Waals surface area contributed by atoms with E-state index in [-0.39, 0.29) is 5.78 Å². The quantitative estimate of drug-likeness (QED) is 0.467. The molecule has 166 valence electrons. The average molecular weight is 444 g/mol. The lowest BCUT2D eigenvalue weighted by Gasteiger charge is -2.32. The lowest BCUT2D eigenvalue weighted by Crippen LogP contribution is -2.26. The van der Waals surface area contributed by atoms with E-state index in [0.29, 0.717) is 64.3 Å². The number of allylic oxidation sites excluding steroid dienone is 2. The second-order valence-electron chi connectivity index (χ2n) is 7.91. The highest BCUT2D eigenvalue weighted by molar-refractivity contribution is 6.00. The van der Waals surface area contributed by atoms with Crippen molar-refractivity contribution in [3.05, 3.63) is 65.4 Å². The van der Waals surface area contributed by atoms with Gasteiger partial charge in [0.25, 0.3) is 0 Å². The predicted octanol–water partition coefficient (Wildman–Crippen LogP) is 3.93. The van der Waals surface area contributed by atoms with Gasteiger partial charge in [0.2, 0.25) is 11.7 Å². The highest BCUT2D eigenvalue weighted by atomic mass is 16.5. The van der Waals surface area contributed by atoms with Gasteiger partial charge in [-0.25, -0.2) is 14.5 Å². The summed E-state index contributed by atoms with van der Waals surface area (Å²) in [7, 11) is 3.18. The summed E-state index contributed by atoms with van der Waals surface area (Å²) in [5, 5.41) is 4.52. The third-order valence-corrected chi connectivity index (χ3v) is 6.08. The summed E-state index contributed by atoms with van der Waals surface area (Å²) in [5.74, 6) is 2.88. The summed E-state index contributed by atoms with van der Waals surface area (Å²) in [5.41, 5.74) is 2.73. The van der Waals surface area contributed by atoms with Crippen LogP contribution < -0.4 is 14.2 Å². The first-order chi connectivity index (χ1) is 16.2. The first-order valence-electron chi connectivity index (χ1n) is 10.6. The van der Waals surface area contributed by atoms with Crippen LogP contribution in [0.3, 0.4) is 0 Å². The molecule has 0 fully saturated rings. The lowest BCUT2D eigenvalue weighted by atomic mass is 9.78. The molecule has 9 nitrogen and oxygen atoms in total. The zero-order valence-corrected chi connectivity index (χ0v) is 18.1. The molecular weight excluding hydrogens is 424 g/mol. The maximum absolute atomic E-state index is 13.2. The molecule has 0 saturated heterocycles. The Morgan fingerprint density at radius 2 is 2.00 bits per heavy atom. The Morgan fingerprint density at radius 1 is 1.12 bits per heavy atom. The number of hydrogen-bond acceptors (Lipinski definition) is 8. The van der Waals surface area contributed by atoms with E-state index >= 15 is 0 Å². The molecule has 1 aromatic carbocycles. The minimum Gasteiger partial charge on any atom is -0.493 e. The monoisotopic (exact) mass is 444 g/mol. The van der Waals surface area contributed by atoms with E-state index in [0.717, 1.165) is 12.0 Å². The Bertz CT molecular complexity index is 1420. The largest absolute Gasteiger partial charge is 0.493 e.